The third-order valence-electron chi connectivity index (χ3n) is 7.45. The van der Waals surface area contributed by atoms with Gasteiger partial charge in [0, 0.05) is 50.1 Å². The molecule has 5 rings (SSSR count). The van der Waals surface area contributed by atoms with E-state index in [0.29, 0.717) is 22.4 Å². The number of fused-ring (bicyclic) bond motifs is 1. The monoisotopic (exact) mass is 509 g/mol. The van der Waals surface area contributed by atoms with Crippen LogP contribution >= 0.6 is 11.3 Å². The second kappa shape index (κ2) is 11.5. The Bertz CT molecular complexity index is 1240. The van der Waals surface area contributed by atoms with Gasteiger partial charge in [0.05, 0.1) is 18.4 Å². The molecule has 8 heteroatoms. The third-order valence-corrected chi connectivity index (χ3v) is 8.43. The summed E-state index contributed by atoms with van der Waals surface area (Å²) in [5, 5.41) is 4.79. The van der Waals surface area contributed by atoms with Crippen molar-refractivity contribution in [1.29, 1.82) is 0 Å². The molecule has 2 fully saturated rings. The van der Waals surface area contributed by atoms with Crippen LogP contribution in [0.4, 0.5) is 5.69 Å². The van der Waals surface area contributed by atoms with Gasteiger partial charge in [-0.25, -0.2) is 0 Å². The number of nitrogens with zero attached hydrogens (tertiary/aromatic N) is 2. The highest BCUT2D eigenvalue weighted by molar-refractivity contribution is 7.17. The molecule has 1 aromatic carbocycles. The SMILES string of the molecule is COc1ccccc1N1CCN(CCCNC(=O)c2csc3c(=O)cc(C4CCCCC4)oc23)CC1. The predicted molar refractivity (Wildman–Crippen MR) is 145 cm³/mol. The molecular formula is C28H35N3O4S. The van der Waals surface area contributed by atoms with Gasteiger partial charge >= 0.3 is 0 Å². The molecule has 1 N–H and O–H groups in total. The third kappa shape index (κ3) is 5.44. The molecule has 3 aromatic rings. The van der Waals surface area contributed by atoms with Crippen LogP contribution in [-0.2, 0) is 0 Å². The first kappa shape index (κ1) is 24.8. The molecule has 1 saturated heterocycles. The number of amides is 1. The maximum absolute atomic E-state index is 12.9. The summed E-state index contributed by atoms with van der Waals surface area (Å²) in [4.78, 5) is 30.4. The zero-order chi connectivity index (χ0) is 24.9. The lowest BCUT2D eigenvalue weighted by atomic mass is 9.87. The average molecular weight is 510 g/mol. The van der Waals surface area contributed by atoms with E-state index in [0.717, 1.165) is 69.2 Å². The lowest BCUT2D eigenvalue weighted by molar-refractivity contribution is 0.0952. The number of para-hydroxylation sites is 2. The molecule has 0 spiro atoms. The highest BCUT2D eigenvalue weighted by atomic mass is 32.1. The van der Waals surface area contributed by atoms with Crippen LogP contribution in [0.5, 0.6) is 5.75 Å². The smallest absolute Gasteiger partial charge is 0.255 e. The molecule has 3 heterocycles. The van der Waals surface area contributed by atoms with Crippen molar-refractivity contribution in [3.05, 3.63) is 57.3 Å². The zero-order valence-corrected chi connectivity index (χ0v) is 21.8. The second-order valence-electron chi connectivity index (χ2n) is 9.77. The van der Waals surface area contributed by atoms with Crippen molar-refractivity contribution in [3.8, 4) is 5.75 Å². The maximum Gasteiger partial charge on any atom is 0.255 e. The zero-order valence-electron chi connectivity index (χ0n) is 21.0. The van der Waals surface area contributed by atoms with E-state index in [-0.39, 0.29) is 17.3 Å². The van der Waals surface area contributed by atoms with Crippen LogP contribution in [0.25, 0.3) is 10.3 Å². The molecule has 0 atom stereocenters. The Balaban J connectivity index is 1.12. The minimum atomic E-state index is -0.161. The van der Waals surface area contributed by atoms with Gasteiger partial charge in [-0.15, -0.1) is 11.3 Å². The van der Waals surface area contributed by atoms with E-state index in [1.54, 1.807) is 18.6 Å². The summed E-state index contributed by atoms with van der Waals surface area (Å²) in [6.45, 7) is 5.40. The molecule has 0 radical (unpaired) electrons. The number of methoxy groups -OCH3 is 1. The Labute approximate surface area is 216 Å². The van der Waals surface area contributed by atoms with Crippen molar-refractivity contribution >= 4 is 33.2 Å². The van der Waals surface area contributed by atoms with Crippen LogP contribution < -0.4 is 20.4 Å². The Hall–Kier alpha value is -2.84. The number of piperazine rings is 1. The number of hydrogen-bond donors (Lipinski definition) is 1. The standard InChI is InChI=1S/C28H35N3O4S/c1-34-24-11-6-5-10-22(24)31-16-14-30(15-17-31)13-7-12-29-28(33)21-19-36-27-23(32)18-25(35-26(21)27)20-8-3-2-4-9-20/h5-6,10-11,18-20H,2-4,7-9,12-17H2,1H3,(H,29,33). The number of thiophene rings is 1. The lowest BCUT2D eigenvalue weighted by Crippen LogP contribution is -2.47. The van der Waals surface area contributed by atoms with Gasteiger partial charge < -0.3 is 19.4 Å². The summed E-state index contributed by atoms with van der Waals surface area (Å²) in [6.07, 6.45) is 6.55. The van der Waals surface area contributed by atoms with Crippen LogP contribution in [0.1, 0.15) is 60.6 Å². The molecule has 1 aliphatic heterocycles. The van der Waals surface area contributed by atoms with Crippen molar-refractivity contribution in [2.24, 2.45) is 0 Å². The molecule has 2 aromatic heterocycles. The van der Waals surface area contributed by atoms with Crippen LogP contribution in [0.3, 0.4) is 0 Å². The highest BCUT2D eigenvalue weighted by Gasteiger charge is 2.23. The van der Waals surface area contributed by atoms with E-state index in [9.17, 15) is 9.59 Å². The normalized spacial score (nSPS) is 17.4. The summed E-state index contributed by atoms with van der Waals surface area (Å²) in [5.41, 5.74) is 2.05. The van der Waals surface area contributed by atoms with Gasteiger partial charge in [-0.1, -0.05) is 31.4 Å². The molecule has 1 aliphatic carbocycles. The minimum absolute atomic E-state index is 0.0341. The summed E-state index contributed by atoms with van der Waals surface area (Å²) in [5.74, 6) is 1.78. The number of carbonyl (C=O) groups is 1. The Morgan fingerprint density at radius 2 is 1.92 bits per heavy atom. The Morgan fingerprint density at radius 1 is 1.14 bits per heavy atom. The van der Waals surface area contributed by atoms with E-state index in [2.05, 4.69) is 21.2 Å². The Morgan fingerprint density at radius 3 is 2.69 bits per heavy atom. The molecular weight excluding hydrogens is 474 g/mol. The van der Waals surface area contributed by atoms with E-state index in [4.69, 9.17) is 9.15 Å². The van der Waals surface area contributed by atoms with Crippen molar-refractivity contribution in [1.82, 2.24) is 10.2 Å². The number of anilines is 1. The molecule has 7 nitrogen and oxygen atoms in total. The van der Waals surface area contributed by atoms with E-state index >= 15 is 0 Å². The van der Waals surface area contributed by atoms with Crippen LogP contribution in [0.15, 0.2) is 44.9 Å². The molecule has 0 unspecified atom stereocenters. The summed E-state index contributed by atoms with van der Waals surface area (Å²) >= 11 is 1.30. The topological polar surface area (TPSA) is 75.0 Å². The number of hydrogen-bond acceptors (Lipinski definition) is 7. The first-order valence-electron chi connectivity index (χ1n) is 13.1. The van der Waals surface area contributed by atoms with Gasteiger partial charge in [0.15, 0.2) is 5.58 Å². The van der Waals surface area contributed by atoms with Gasteiger partial charge in [-0.05, 0) is 37.9 Å². The molecule has 36 heavy (non-hydrogen) atoms. The summed E-state index contributed by atoms with van der Waals surface area (Å²) in [7, 11) is 1.71. The number of benzene rings is 1. The summed E-state index contributed by atoms with van der Waals surface area (Å²) in [6, 6.07) is 9.80. The van der Waals surface area contributed by atoms with E-state index in [1.165, 1.54) is 30.6 Å². The molecule has 0 bridgehead atoms. The number of rotatable bonds is 8. The lowest BCUT2D eigenvalue weighted by Gasteiger charge is -2.36. The molecule has 1 saturated carbocycles. The van der Waals surface area contributed by atoms with Crippen molar-refractivity contribution < 1.29 is 13.9 Å². The average Bonchev–Trinajstić information content (AvgIpc) is 3.37. The van der Waals surface area contributed by atoms with Crippen molar-refractivity contribution in [2.75, 3.05) is 51.3 Å². The second-order valence-corrected chi connectivity index (χ2v) is 10.6. The maximum atomic E-state index is 12.9. The van der Waals surface area contributed by atoms with Crippen molar-refractivity contribution in [3.63, 3.8) is 0 Å². The van der Waals surface area contributed by atoms with Gasteiger partial charge in [0.2, 0.25) is 5.43 Å². The fraction of sp³-hybridized carbons (Fsp3) is 0.500. The molecule has 1 amide bonds. The van der Waals surface area contributed by atoms with E-state index < -0.39 is 0 Å². The van der Waals surface area contributed by atoms with Gasteiger partial charge in [0.1, 0.15) is 16.2 Å². The first-order chi connectivity index (χ1) is 17.6. The van der Waals surface area contributed by atoms with Gasteiger partial charge in [-0.2, -0.15) is 0 Å². The van der Waals surface area contributed by atoms with Crippen LogP contribution in [0, 0.1) is 0 Å². The molecule has 2 aliphatic rings. The Kier molecular flexibility index (Phi) is 7.92. The fourth-order valence-corrected chi connectivity index (χ4v) is 6.29. The van der Waals surface area contributed by atoms with Crippen LogP contribution in [0.2, 0.25) is 0 Å². The first-order valence-corrected chi connectivity index (χ1v) is 14.0. The number of nitrogens with one attached hydrogen (secondary N) is 1. The quantitative estimate of drug-likeness (QED) is 0.438. The number of carbonyl (C=O) groups excluding carboxylic acids is 1. The highest BCUT2D eigenvalue weighted by Crippen LogP contribution is 2.34. The summed E-state index contributed by atoms with van der Waals surface area (Å²) < 4.78 is 12.2. The van der Waals surface area contributed by atoms with Crippen LogP contribution in [-0.4, -0.2) is 57.2 Å². The fourth-order valence-electron chi connectivity index (χ4n) is 5.41. The number of ether oxygens (including phenoxy) is 1. The molecule has 192 valence electrons. The largest absolute Gasteiger partial charge is 0.495 e. The van der Waals surface area contributed by atoms with Gasteiger partial charge in [0.25, 0.3) is 5.91 Å². The van der Waals surface area contributed by atoms with Crippen molar-refractivity contribution in [2.45, 2.75) is 44.4 Å². The van der Waals surface area contributed by atoms with Gasteiger partial charge in [-0.3, -0.25) is 14.5 Å². The minimum Gasteiger partial charge on any atom is -0.495 e. The predicted octanol–water partition coefficient (Wildman–Crippen LogP) is 4.85. The van der Waals surface area contributed by atoms with E-state index in [1.807, 2.05) is 18.2 Å².